The molecular weight excluding hydrogens is 260 g/mol. The van der Waals surface area contributed by atoms with Gasteiger partial charge in [-0.2, -0.15) is 0 Å². The molecule has 0 spiro atoms. The van der Waals surface area contributed by atoms with E-state index in [1.165, 1.54) is 12.1 Å². The highest BCUT2D eigenvalue weighted by molar-refractivity contribution is 5.79. The fourth-order valence-electron chi connectivity index (χ4n) is 2.49. The number of fused-ring (bicyclic) bond motifs is 1. The molecule has 2 unspecified atom stereocenters. The van der Waals surface area contributed by atoms with Crippen molar-refractivity contribution in [3.63, 3.8) is 0 Å². The zero-order chi connectivity index (χ0) is 14.5. The molecule has 20 heavy (non-hydrogen) atoms. The molecule has 2 aromatic rings. The number of anilines is 1. The van der Waals surface area contributed by atoms with Gasteiger partial charge in [0, 0.05) is 23.6 Å². The third kappa shape index (κ3) is 1.90. The number of imidazole rings is 1. The molecule has 2 atom stereocenters. The van der Waals surface area contributed by atoms with Gasteiger partial charge in [0.05, 0.1) is 22.1 Å². The lowest BCUT2D eigenvalue weighted by Gasteiger charge is -2.49. The lowest BCUT2D eigenvalue weighted by molar-refractivity contribution is -0.384. The zero-order valence-electron chi connectivity index (χ0n) is 11.3. The third-order valence-corrected chi connectivity index (χ3v) is 4.20. The molecular formula is C13H16N4O3. The summed E-state index contributed by atoms with van der Waals surface area (Å²) in [7, 11) is 0. The van der Waals surface area contributed by atoms with Gasteiger partial charge in [-0.25, -0.2) is 4.98 Å². The highest BCUT2D eigenvalue weighted by atomic mass is 16.6. The number of aromatic nitrogens is 2. The SMILES string of the molecule is CC1(C)C(O)CC1Nc1nc2ccc([N+](=O)[O-])cc2[nH]1. The Morgan fingerprint density at radius 1 is 1.55 bits per heavy atom. The predicted molar refractivity (Wildman–Crippen MR) is 74.6 cm³/mol. The van der Waals surface area contributed by atoms with Crippen LogP contribution in [0.3, 0.4) is 0 Å². The Morgan fingerprint density at radius 3 is 2.90 bits per heavy atom. The van der Waals surface area contributed by atoms with Crippen LogP contribution in [-0.4, -0.2) is 32.1 Å². The molecule has 0 saturated heterocycles. The molecule has 7 nitrogen and oxygen atoms in total. The Kier molecular flexibility index (Phi) is 2.68. The topological polar surface area (TPSA) is 104 Å². The molecule has 1 aromatic heterocycles. The summed E-state index contributed by atoms with van der Waals surface area (Å²) in [4.78, 5) is 17.7. The van der Waals surface area contributed by atoms with E-state index in [4.69, 9.17) is 0 Å². The number of H-pyrrole nitrogens is 1. The van der Waals surface area contributed by atoms with E-state index in [1.807, 2.05) is 13.8 Å². The number of aliphatic hydroxyl groups excluding tert-OH is 1. The lowest BCUT2D eigenvalue weighted by atomic mass is 9.65. The number of benzene rings is 1. The molecule has 0 bridgehead atoms. The van der Waals surface area contributed by atoms with Crippen molar-refractivity contribution in [2.24, 2.45) is 5.41 Å². The van der Waals surface area contributed by atoms with Crippen LogP contribution in [0.2, 0.25) is 0 Å². The van der Waals surface area contributed by atoms with Crippen LogP contribution in [0.15, 0.2) is 18.2 Å². The van der Waals surface area contributed by atoms with Gasteiger partial charge in [-0.1, -0.05) is 13.8 Å². The van der Waals surface area contributed by atoms with Crippen LogP contribution in [0.5, 0.6) is 0 Å². The highest BCUT2D eigenvalue weighted by Crippen LogP contribution is 2.42. The summed E-state index contributed by atoms with van der Waals surface area (Å²) < 4.78 is 0. The predicted octanol–water partition coefficient (Wildman–Crippen LogP) is 2.04. The number of aliphatic hydroxyl groups is 1. The third-order valence-electron chi connectivity index (χ3n) is 4.20. The number of nitro groups is 1. The average molecular weight is 276 g/mol. The second-order valence-corrected chi connectivity index (χ2v) is 5.81. The Hall–Kier alpha value is -2.15. The van der Waals surface area contributed by atoms with Crippen molar-refractivity contribution in [2.45, 2.75) is 32.4 Å². The zero-order valence-corrected chi connectivity index (χ0v) is 11.3. The Labute approximate surface area is 115 Å². The molecule has 1 saturated carbocycles. The van der Waals surface area contributed by atoms with Crippen LogP contribution >= 0.6 is 0 Å². The van der Waals surface area contributed by atoms with Crippen LogP contribution in [0.25, 0.3) is 11.0 Å². The number of non-ortho nitro benzene ring substituents is 1. The molecule has 0 amide bonds. The van der Waals surface area contributed by atoms with Crippen LogP contribution < -0.4 is 5.32 Å². The molecule has 3 N–H and O–H groups in total. The minimum absolute atomic E-state index is 0.0343. The van der Waals surface area contributed by atoms with Crippen LogP contribution in [0.1, 0.15) is 20.3 Å². The van der Waals surface area contributed by atoms with Crippen molar-refractivity contribution in [3.8, 4) is 0 Å². The average Bonchev–Trinajstić information content (AvgIpc) is 2.79. The monoisotopic (exact) mass is 276 g/mol. The summed E-state index contributed by atoms with van der Waals surface area (Å²) in [6.07, 6.45) is 0.356. The van der Waals surface area contributed by atoms with Crippen molar-refractivity contribution >= 4 is 22.7 Å². The van der Waals surface area contributed by atoms with Crippen molar-refractivity contribution in [2.75, 3.05) is 5.32 Å². The van der Waals surface area contributed by atoms with E-state index in [2.05, 4.69) is 15.3 Å². The Balaban J connectivity index is 1.85. The Morgan fingerprint density at radius 2 is 2.30 bits per heavy atom. The number of aromatic amines is 1. The van der Waals surface area contributed by atoms with E-state index >= 15 is 0 Å². The number of nitrogens with one attached hydrogen (secondary N) is 2. The van der Waals surface area contributed by atoms with E-state index < -0.39 is 4.92 Å². The summed E-state index contributed by atoms with van der Waals surface area (Å²) in [6.45, 7) is 3.98. The van der Waals surface area contributed by atoms with Gasteiger partial charge < -0.3 is 15.4 Å². The van der Waals surface area contributed by atoms with Gasteiger partial charge in [0.15, 0.2) is 0 Å². The summed E-state index contributed by atoms with van der Waals surface area (Å²) in [5.74, 6) is 0.575. The maximum Gasteiger partial charge on any atom is 0.271 e. The summed E-state index contributed by atoms with van der Waals surface area (Å²) >= 11 is 0. The van der Waals surface area contributed by atoms with Gasteiger partial charge >= 0.3 is 0 Å². The molecule has 7 heteroatoms. The highest BCUT2D eigenvalue weighted by Gasteiger charge is 2.47. The summed E-state index contributed by atoms with van der Waals surface area (Å²) in [6, 6.07) is 4.65. The molecule has 1 heterocycles. The van der Waals surface area contributed by atoms with Crippen molar-refractivity contribution in [1.29, 1.82) is 0 Å². The number of hydrogen-bond acceptors (Lipinski definition) is 5. The number of rotatable bonds is 3. The minimum atomic E-state index is -0.432. The van der Waals surface area contributed by atoms with Crippen molar-refractivity contribution in [1.82, 2.24) is 9.97 Å². The number of hydrogen-bond donors (Lipinski definition) is 3. The quantitative estimate of drug-likeness (QED) is 0.588. The van der Waals surface area contributed by atoms with Gasteiger partial charge in [-0.05, 0) is 12.5 Å². The molecule has 1 fully saturated rings. The van der Waals surface area contributed by atoms with E-state index in [1.54, 1.807) is 6.07 Å². The van der Waals surface area contributed by atoms with Gasteiger partial charge in [-0.3, -0.25) is 10.1 Å². The molecule has 0 aliphatic heterocycles. The summed E-state index contributed by atoms with van der Waals surface area (Å²) in [5.41, 5.74) is 1.13. The largest absolute Gasteiger partial charge is 0.392 e. The fraction of sp³-hybridized carbons (Fsp3) is 0.462. The Bertz CT molecular complexity index is 679. The second kappa shape index (κ2) is 4.17. The minimum Gasteiger partial charge on any atom is -0.392 e. The standard InChI is InChI=1S/C13H16N4O3/c1-13(2)10(6-11(13)18)16-12-14-8-4-3-7(17(19)20)5-9(8)15-12/h3-5,10-11,18H,6H2,1-2H3,(H2,14,15,16). The smallest absolute Gasteiger partial charge is 0.271 e. The lowest BCUT2D eigenvalue weighted by Crippen LogP contribution is -2.57. The summed E-state index contributed by atoms with van der Waals surface area (Å²) in [5, 5.41) is 23.7. The number of nitro benzene ring substituents is 1. The normalized spacial score (nSPS) is 24.4. The van der Waals surface area contributed by atoms with Crippen LogP contribution in [0.4, 0.5) is 11.6 Å². The molecule has 3 rings (SSSR count). The maximum absolute atomic E-state index is 10.7. The van der Waals surface area contributed by atoms with Gasteiger partial charge in [0.25, 0.3) is 5.69 Å². The molecule has 106 valence electrons. The van der Waals surface area contributed by atoms with E-state index in [9.17, 15) is 15.2 Å². The number of nitrogens with zero attached hydrogens (tertiary/aromatic N) is 2. The van der Waals surface area contributed by atoms with Crippen LogP contribution in [-0.2, 0) is 0 Å². The van der Waals surface area contributed by atoms with E-state index in [-0.39, 0.29) is 23.2 Å². The maximum atomic E-state index is 10.7. The molecule has 1 aliphatic rings. The first kappa shape index (κ1) is 12.9. The van der Waals surface area contributed by atoms with E-state index in [0.717, 1.165) is 0 Å². The fourth-order valence-corrected chi connectivity index (χ4v) is 2.49. The first-order valence-corrected chi connectivity index (χ1v) is 6.46. The van der Waals surface area contributed by atoms with Gasteiger partial charge in [-0.15, -0.1) is 0 Å². The first-order chi connectivity index (χ1) is 9.38. The van der Waals surface area contributed by atoms with E-state index in [0.29, 0.717) is 23.4 Å². The van der Waals surface area contributed by atoms with Crippen molar-refractivity contribution < 1.29 is 10.0 Å². The van der Waals surface area contributed by atoms with Crippen molar-refractivity contribution in [3.05, 3.63) is 28.3 Å². The molecule has 0 radical (unpaired) electrons. The van der Waals surface area contributed by atoms with Crippen LogP contribution in [0, 0.1) is 15.5 Å². The first-order valence-electron chi connectivity index (χ1n) is 6.46. The van der Waals surface area contributed by atoms with Gasteiger partial charge in [0.1, 0.15) is 0 Å². The molecule has 1 aromatic carbocycles. The second-order valence-electron chi connectivity index (χ2n) is 5.81. The van der Waals surface area contributed by atoms with Gasteiger partial charge in [0.2, 0.25) is 5.95 Å². The molecule has 1 aliphatic carbocycles.